The Kier molecular flexibility index (Phi) is 3.44. The molecule has 0 aliphatic carbocycles. The van der Waals surface area contributed by atoms with Crippen molar-refractivity contribution < 1.29 is 13.2 Å². The zero-order valence-corrected chi connectivity index (χ0v) is 11.5. The summed E-state index contributed by atoms with van der Waals surface area (Å²) >= 11 is 0. The van der Waals surface area contributed by atoms with Crippen LogP contribution in [0.1, 0.15) is 24.4 Å². The molecule has 22 heavy (non-hydrogen) atoms. The second-order valence-electron chi connectivity index (χ2n) is 4.79. The number of halogens is 3. The first-order chi connectivity index (χ1) is 10.4. The number of hydrogen-bond acceptors (Lipinski definition) is 4. The lowest BCUT2D eigenvalue weighted by Crippen LogP contribution is -2.14. The van der Waals surface area contributed by atoms with E-state index in [-0.39, 0.29) is 11.7 Å². The predicted molar refractivity (Wildman–Crippen MR) is 74.3 cm³/mol. The van der Waals surface area contributed by atoms with Gasteiger partial charge in [0, 0.05) is 6.04 Å². The van der Waals surface area contributed by atoms with Crippen LogP contribution in [0.5, 0.6) is 0 Å². The Labute approximate surface area is 123 Å². The Morgan fingerprint density at radius 3 is 2.45 bits per heavy atom. The van der Waals surface area contributed by atoms with Gasteiger partial charge >= 0.3 is 6.18 Å². The molecule has 114 valence electrons. The molecule has 1 aromatic carbocycles. The van der Waals surface area contributed by atoms with Gasteiger partial charge in [0.25, 0.3) is 5.82 Å². The number of alkyl halides is 3. The molecule has 1 N–H and O–H groups in total. The molecule has 5 nitrogen and oxygen atoms in total. The Bertz CT molecular complexity index is 782. The van der Waals surface area contributed by atoms with Crippen LogP contribution < -0.4 is 5.32 Å². The maximum Gasteiger partial charge on any atom is 0.453 e. The molecule has 0 aliphatic heterocycles. The van der Waals surface area contributed by atoms with Crippen LogP contribution in [-0.2, 0) is 6.18 Å². The lowest BCUT2D eigenvalue weighted by Gasteiger charge is -2.15. The fraction of sp³-hybridized carbons (Fsp3) is 0.214. The number of nitrogens with one attached hydrogen (secondary N) is 1. The zero-order chi connectivity index (χ0) is 15.7. The lowest BCUT2D eigenvalue weighted by atomic mass is 10.1. The van der Waals surface area contributed by atoms with E-state index in [4.69, 9.17) is 0 Å². The van der Waals surface area contributed by atoms with Crippen LogP contribution in [0, 0.1) is 0 Å². The number of hydrogen-bond donors (Lipinski definition) is 1. The maximum atomic E-state index is 12.8. The van der Waals surface area contributed by atoms with Crippen LogP contribution in [0.2, 0.25) is 0 Å². The quantitative estimate of drug-likeness (QED) is 0.806. The first kappa shape index (κ1) is 14.3. The van der Waals surface area contributed by atoms with Crippen molar-refractivity contribution in [3.63, 3.8) is 0 Å². The largest absolute Gasteiger partial charge is 0.453 e. The Hall–Kier alpha value is -2.64. The van der Waals surface area contributed by atoms with Crippen LogP contribution in [0.4, 0.5) is 19.0 Å². The van der Waals surface area contributed by atoms with Crippen LogP contribution in [0.3, 0.4) is 0 Å². The molecule has 0 unspecified atom stereocenters. The molecule has 0 amide bonds. The van der Waals surface area contributed by atoms with Crippen LogP contribution in [-0.4, -0.2) is 19.8 Å². The molecule has 3 rings (SSSR count). The summed E-state index contributed by atoms with van der Waals surface area (Å²) in [6, 6.07) is 12.5. The molecule has 8 heteroatoms. The lowest BCUT2D eigenvalue weighted by molar-refractivity contribution is -0.146. The van der Waals surface area contributed by atoms with Gasteiger partial charge in [-0.15, -0.1) is 15.3 Å². The number of benzene rings is 1. The van der Waals surface area contributed by atoms with Crippen molar-refractivity contribution in [1.82, 2.24) is 19.8 Å². The maximum absolute atomic E-state index is 12.8. The van der Waals surface area contributed by atoms with Crippen LogP contribution in [0.15, 0.2) is 42.5 Å². The number of rotatable bonds is 3. The predicted octanol–water partition coefficient (Wildman–Crippen LogP) is 3.32. The third-order valence-electron chi connectivity index (χ3n) is 3.18. The summed E-state index contributed by atoms with van der Waals surface area (Å²) in [5.41, 5.74) is 1.05. The van der Waals surface area contributed by atoms with Gasteiger partial charge in [-0.2, -0.15) is 17.7 Å². The molecular weight excluding hydrogens is 295 g/mol. The van der Waals surface area contributed by atoms with Gasteiger partial charge in [0.05, 0.1) is 0 Å². The Morgan fingerprint density at radius 2 is 1.77 bits per heavy atom. The molecule has 0 aliphatic rings. The zero-order valence-electron chi connectivity index (χ0n) is 11.5. The number of aromatic nitrogens is 4. The van der Waals surface area contributed by atoms with E-state index in [1.165, 1.54) is 6.07 Å². The molecule has 0 radical (unpaired) electrons. The van der Waals surface area contributed by atoms with E-state index >= 15 is 0 Å². The summed E-state index contributed by atoms with van der Waals surface area (Å²) in [6.07, 6.45) is -4.60. The molecule has 3 aromatic rings. The standard InChI is InChI=1S/C14H12F3N5/c1-9(10-5-3-2-4-6-10)18-11-7-8-12-19-20-13(14(15,16)17)22(12)21-11/h2-9H,1H3,(H,18,21)/t9-/m1/s1. The molecule has 0 bridgehead atoms. The second kappa shape index (κ2) is 5.28. The fourth-order valence-electron chi connectivity index (χ4n) is 2.09. The first-order valence-electron chi connectivity index (χ1n) is 6.56. The summed E-state index contributed by atoms with van der Waals surface area (Å²) < 4.78 is 39.2. The monoisotopic (exact) mass is 307 g/mol. The van der Waals surface area contributed by atoms with Crippen molar-refractivity contribution in [3.05, 3.63) is 53.9 Å². The minimum atomic E-state index is -4.60. The highest BCUT2D eigenvalue weighted by atomic mass is 19.4. The van der Waals surface area contributed by atoms with Gasteiger partial charge in [0.2, 0.25) is 0 Å². The van der Waals surface area contributed by atoms with E-state index in [1.54, 1.807) is 6.07 Å². The van der Waals surface area contributed by atoms with Gasteiger partial charge in [-0.05, 0) is 24.6 Å². The fourth-order valence-corrected chi connectivity index (χ4v) is 2.09. The summed E-state index contributed by atoms with van der Waals surface area (Å²) in [5.74, 6) is -0.826. The van der Waals surface area contributed by atoms with Gasteiger partial charge in [0.15, 0.2) is 5.65 Å². The Balaban J connectivity index is 1.92. The smallest absolute Gasteiger partial charge is 0.362 e. The van der Waals surface area contributed by atoms with Gasteiger partial charge < -0.3 is 5.32 Å². The van der Waals surface area contributed by atoms with Crippen LogP contribution in [0.25, 0.3) is 5.65 Å². The summed E-state index contributed by atoms with van der Waals surface area (Å²) in [6.45, 7) is 1.90. The van der Waals surface area contributed by atoms with E-state index in [0.29, 0.717) is 10.3 Å². The SMILES string of the molecule is C[C@@H](Nc1ccc2nnc(C(F)(F)F)n2n1)c1ccccc1. The van der Waals surface area contributed by atoms with Crippen molar-refractivity contribution >= 4 is 11.5 Å². The van der Waals surface area contributed by atoms with Crippen LogP contribution >= 0.6 is 0 Å². The third kappa shape index (κ3) is 2.72. The average molecular weight is 307 g/mol. The van der Waals surface area contributed by atoms with E-state index in [0.717, 1.165) is 5.56 Å². The highest BCUT2D eigenvalue weighted by Gasteiger charge is 2.37. The topological polar surface area (TPSA) is 55.1 Å². The first-order valence-corrected chi connectivity index (χ1v) is 6.56. The van der Waals surface area contributed by atoms with Gasteiger partial charge in [-0.25, -0.2) is 0 Å². The van der Waals surface area contributed by atoms with E-state index in [9.17, 15) is 13.2 Å². The molecule has 1 atom stereocenters. The van der Waals surface area contributed by atoms with Gasteiger partial charge in [-0.1, -0.05) is 30.3 Å². The van der Waals surface area contributed by atoms with Crippen molar-refractivity contribution in [3.8, 4) is 0 Å². The van der Waals surface area contributed by atoms with Crippen molar-refractivity contribution in [2.75, 3.05) is 5.32 Å². The van der Waals surface area contributed by atoms with E-state index in [2.05, 4.69) is 20.6 Å². The van der Waals surface area contributed by atoms with E-state index < -0.39 is 12.0 Å². The molecular formula is C14H12F3N5. The van der Waals surface area contributed by atoms with Crippen molar-refractivity contribution in [1.29, 1.82) is 0 Å². The summed E-state index contributed by atoms with van der Waals surface area (Å²) in [5, 5.41) is 13.6. The average Bonchev–Trinajstić information content (AvgIpc) is 2.91. The molecule has 2 aromatic heterocycles. The number of nitrogens with zero attached hydrogens (tertiary/aromatic N) is 4. The third-order valence-corrected chi connectivity index (χ3v) is 3.18. The normalized spacial score (nSPS) is 13.3. The minimum Gasteiger partial charge on any atom is -0.362 e. The van der Waals surface area contributed by atoms with E-state index in [1.807, 2.05) is 37.3 Å². The molecule has 0 saturated carbocycles. The Morgan fingerprint density at radius 1 is 1.05 bits per heavy atom. The minimum absolute atomic E-state index is 0.0465. The number of fused-ring (bicyclic) bond motifs is 1. The van der Waals surface area contributed by atoms with Gasteiger partial charge in [-0.3, -0.25) is 0 Å². The molecule has 0 spiro atoms. The summed E-state index contributed by atoms with van der Waals surface area (Å²) in [7, 11) is 0. The number of anilines is 1. The van der Waals surface area contributed by atoms with Crippen molar-refractivity contribution in [2.24, 2.45) is 0 Å². The molecule has 0 saturated heterocycles. The van der Waals surface area contributed by atoms with Crippen molar-refractivity contribution in [2.45, 2.75) is 19.1 Å². The highest BCUT2D eigenvalue weighted by Crippen LogP contribution is 2.28. The second-order valence-corrected chi connectivity index (χ2v) is 4.79. The molecule has 2 heterocycles. The highest BCUT2D eigenvalue weighted by molar-refractivity contribution is 5.45. The van der Waals surface area contributed by atoms with Gasteiger partial charge in [0.1, 0.15) is 5.82 Å². The summed E-state index contributed by atoms with van der Waals surface area (Å²) in [4.78, 5) is 0. The molecule has 0 fully saturated rings.